The second kappa shape index (κ2) is 8.75. The molecule has 0 saturated carbocycles. The number of halogens is 1. The Kier molecular flexibility index (Phi) is 6.90. The van der Waals surface area contributed by atoms with E-state index >= 15 is 0 Å². The smallest absolute Gasteiger partial charge is 0.303 e. The summed E-state index contributed by atoms with van der Waals surface area (Å²) in [4.78, 5) is 20.3. The number of carbonyl (C=O) groups excluding carboxylic acids is 1. The van der Waals surface area contributed by atoms with Crippen LogP contribution < -0.4 is 0 Å². The second-order valence-corrected chi connectivity index (χ2v) is 4.09. The summed E-state index contributed by atoms with van der Waals surface area (Å²) < 4.78 is 0. The Hall–Kier alpha value is -2.29. The lowest BCUT2D eigenvalue weighted by molar-refractivity contribution is -0.137. The molecule has 2 heterocycles. The van der Waals surface area contributed by atoms with Crippen molar-refractivity contribution in [2.75, 3.05) is 0 Å². The van der Waals surface area contributed by atoms with Crippen LogP contribution in [0.2, 0.25) is 0 Å². The monoisotopic (exact) mass is 300 g/mol. The van der Waals surface area contributed by atoms with E-state index in [4.69, 9.17) is 16.7 Å². The van der Waals surface area contributed by atoms with Crippen LogP contribution in [0.4, 0.5) is 0 Å². The number of aryl methyl sites for hydroxylation is 2. The van der Waals surface area contributed by atoms with Gasteiger partial charge in [0, 0.05) is 19.3 Å². The number of nitrogens with zero attached hydrogens (tertiary/aromatic N) is 4. The first kappa shape index (κ1) is 15.8. The first-order valence-corrected chi connectivity index (χ1v) is 6.05. The number of hydrogen-bond acceptors (Lipinski definition) is 6. The van der Waals surface area contributed by atoms with Crippen molar-refractivity contribution in [3.63, 3.8) is 0 Å². The number of rotatable bonds is 6. The number of carbonyl (C=O) groups is 2. The van der Waals surface area contributed by atoms with Crippen LogP contribution in [0.5, 0.6) is 0 Å². The van der Waals surface area contributed by atoms with Crippen LogP contribution in [0.25, 0.3) is 0 Å². The lowest BCUT2D eigenvalue weighted by Crippen LogP contribution is -1.97. The van der Waals surface area contributed by atoms with Crippen molar-refractivity contribution in [1.82, 2.24) is 30.8 Å². The molecule has 0 aromatic carbocycles. The average Bonchev–Trinajstić information content (AvgIpc) is 3.08. The van der Waals surface area contributed by atoms with Gasteiger partial charge >= 0.3 is 5.97 Å². The Labute approximate surface area is 118 Å². The number of aromatic amines is 2. The van der Waals surface area contributed by atoms with Crippen LogP contribution in [0.3, 0.4) is 0 Å². The van der Waals surface area contributed by atoms with Gasteiger partial charge in [0.15, 0.2) is 0 Å². The summed E-state index contributed by atoms with van der Waals surface area (Å²) >= 11 is 5.10. The van der Waals surface area contributed by atoms with E-state index in [1.54, 1.807) is 6.20 Å². The van der Waals surface area contributed by atoms with Crippen LogP contribution >= 0.6 is 11.6 Å². The third-order valence-corrected chi connectivity index (χ3v) is 2.29. The Balaban J connectivity index is 0.000000200. The van der Waals surface area contributed by atoms with Crippen molar-refractivity contribution in [2.45, 2.75) is 25.7 Å². The molecule has 0 radical (unpaired) electrons. The van der Waals surface area contributed by atoms with Crippen molar-refractivity contribution < 1.29 is 14.7 Å². The molecule has 0 saturated heterocycles. The summed E-state index contributed by atoms with van der Waals surface area (Å²) in [6, 6.07) is 0. The molecule has 2 rings (SSSR count). The maximum Gasteiger partial charge on any atom is 0.303 e. The molecular formula is C10H13ClN6O3. The number of aromatic nitrogens is 6. The predicted octanol–water partition coefficient (Wildman–Crippen LogP) is 0.325. The summed E-state index contributed by atoms with van der Waals surface area (Å²) in [6.45, 7) is 0. The van der Waals surface area contributed by atoms with E-state index in [2.05, 4.69) is 30.8 Å². The molecule has 2 aromatic rings. The molecule has 3 N–H and O–H groups in total. The molecule has 108 valence electrons. The number of carboxylic acid groups (broad SMARTS) is 1. The molecule has 0 fully saturated rings. The topological polar surface area (TPSA) is 138 Å². The maximum absolute atomic E-state index is 10.2. The Morgan fingerprint density at radius 3 is 1.90 bits per heavy atom. The number of carboxylic acids is 1. The number of H-pyrrole nitrogens is 2. The van der Waals surface area contributed by atoms with E-state index in [-0.39, 0.29) is 11.7 Å². The number of nitrogens with one attached hydrogen (secondary N) is 2. The first-order chi connectivity index (χ1) is 9.58. The van der Waals surface area contributed by atoms with Gasteiger partial charge in [-0.05, 0) is 11.6 Å². The van der Waals surface area contributed by atoms with Crippen LogP contribution in [0.15, 0.2) is 12.4 Å². The molecule has 10 heteroatoms. The van der Waals surface area contributed by atoms with Gasteiger partial charge in [0.05, 0.1) is 30.2 Å². The lowest BCUT2D eigenvalue weighted by atomic mass is 10.2. The zero-order valence-corrected chi connectivity index (χ0v) is 11.2. The van der Waals surface area contributed by atoms with E-state index in [0.29, 0.717) is 25.0 Å². The van der Waals surface area contributed by atoms with Crippen molar-refractivity contribution in [3.05, 3.63) is 23.8 Å². The third kappa shape index (κ3) is 7.21. The Morgan fingerprint density at radius 1 is 1.05 bits per heavy atom. The molecule has 0 aliphatic rings. The van der Waals surface area contributed by atoms with Crippen LogP contribution in [-0.2, 0) is 22.4 Å². The summed E-state index contributed by atoms with van der Waals surface area (Å²) in [6.07, 6.45) is 4.49. The van der Waals surface area contributed by atoms with E-state index in [1.807, 2.05) is 0 Å². The SMILES string of the molecule is O=C(Cl)CCc1cn[nH]n1.O=C(O)CCc1cn[nH]n1. The first-order valence-electron chi connectivity index (χ1n) is 5.67. The van der Waals surface area contributed by atoms with Gasteiger partial charge in [-0.3, -0.25) is 9.59 Å². The average molecular weight is 301 g/mol. The van der Waals surface area contributed by atoms with Crippen molar-refractivity contribution in [3.8, 4) is 0 Å². The van der Waals surface area contributed by atoms with E-state index < -0.39 is 5.97 Å². The van der Waals surface area contributed by atoms with Crippen LogP contribution in [-0.4, -0.2) is 47.1 Å². The molecule has 0 amide bonds. The largest absolute Gasteiger partial charge is 0.481 e. The van der Waals surface area contributed by atoms with E-state index in [0.717, 1.165) is 5.69 Å². The fraction of sp³-hybridized carbons (Fsp3) is 0.400. The number of hydrogen-bond donors (Lipinski definition) is 3. The molecule has 0 unspecified atom stereocenters. The number of aliphatic carboxylic acids is 1. The van der Waals surface area contributed by atoms with Gasteiger partial charge in [-0.2, -0.15) is 30.8 Å². The third-order valence-electron chi connectivity index (χ3n) is 2.10. The fourth-order valence-corrected chi connectivity index (χ4v) is 1.25. The van der Waals surface area contributed by atoms with Crippen LogP contribution in [0, 0.1) is 0 Å². The normalized spacial score (nSPS) is 9.65. The lowest BCUT2D eigenvalue weighted by Gasteiger charge is -1.87. The van der Waals surface area contributed by atoms with Crippen molar-refractivity contribution in [2.24, 2.45) is 0 Å². The summed E-state index contributed by atoms with van der Waals surface area (Å²) in [5.74, 6) is -0.817. The highest BCUT2D eigenvalue weighted by molar-refractivity contribution is 6.63. The maximum atomic E-state index is 10.2. The molecule has 20 heavy (non-hydrogen) atoms. The highest BCUT2D eigenvalue weighted by atomic mass is 35.5. The summed E-state index contributed by atoms with van der Waals surface area (Å²) in [5, 5.41) is 27.3. The fourth-order valence-electron chi connectivity index (χ4n) is 1.15. The molecule has 0 aliphatic heterocycles. The Morgan fingerprint density at radius 2 is 1.55 bits per heavy atom. The second-order valence-electron chi connectivity index (χ2n) is 3.67. The van der Waals surface area contributed by atoms with Crippen molar-refractivity contribution in [1.29, 1.82) is 0 Å². The zero-order valence-electron chi connectivity index (χ0n) is 10.4. The van der Waals surface area contributed by atoms with Gasteiger partial charge in [-0.25, -0.2) is 0 Å². The molecule has 2 aromatic heterocycles. The minimum Gasteiger partial charge on any atom is -0.481 e. The van der Waals surface area contributed by atoms with E-state index in [9.17, 15) is 9.59 Å². The summed E-state index contributed by atoms with van der Waals surface area (Å²) in [7, 11) is 0. The van der Waals surface area contributed by atoms with Gasteiger partial charge in [-0.1, -0.05) is 0 Å². The molecule has 0 spiro atoms. The molecular weight excluding hydrogens is 288 g/mol. The van der Waals surface area contributed by atoms with Gasteiger partial charge in [-0.15, -0.1) is 0 Å². The van der Waals surface area contributed by atoms with Gasteiger partial charge in [0.1, 0.15) is 0 Å². The highest BCUT2D eigenvalue weighted by Crippen LogP contribution is 1.97. The predicted molar refractivity (Wildman–Crippen MR) is 67.9 cm³/mol. The highest BCUT2D eigenvalue weighted by Gasteiger charge is 2.00. The quantitative estimate of drug-likeness (QED) is 0.653. The minimum absolute atomic E-state index is 0.104. The van der Waals surface area contributed by atoms with Gasteiger partial charge in [0.2, 0.25) is 5.24 Å². The van der Waals surface area contributed by atoms with Crippen LogP contribution in [0.1, 0.15) is 24.2 Å². The Bertz CT molecular complexity index is 465. The molecule has 0 aliphatic carbocycles. The van der Waals surface area contributed by atoms with Gasteiger partial charge < -0.3 is 5.11 Å². The minimum atomic E-state index is -0.817. The molecule has 9 nitrogen and oxygen atoms in total. The standard InChI is InChI=1S/C5H6ClN3O.C5H7N3O2/c6-5(10)2-1-4-3-7-9-8-4;9-5(10)2-1-4-3-6-8-7-4/h3H,1-2H2,(H,7,8,9);3H,1-2H2,(H,9,10)(H,6,7,8). The zero-order chi connectivity index (χ0) is 14.8. The van der Waals surface area contributed by atoms with Crippen molar-refractivity contribution >= 4 is 22.8 Å². The molecule has 0 atom stereocenters. The summed E-state index contributed by atoms with van der Waals surface area (Å²) in [5.41, 5.74) is 1.44. The van der Waals surface area contributed by atoms with Gasteiger partial charge in [0.25, 0.3) is 0 Å². The van der Waals surface area contributed by atoms with E-state index in [1.165, 1.54) is 6.20 Å². The molecule has 0 bridgehead atoms.